The molecule has 2 aromatic carbocycles. The van der Waals surface area contributed by atoms with E-state index < -0.39 is 5.97 Å². The SMILES string of the molecule is COC(=O)c1ccc(C2CC(=O)N(c3ccc(C)cc3)C2)cc1OC. The summed E-state index contributed by atoms with van der Waals surface area (Å²) in [6.07, 6.45) is 0.439. The van der Waals surface area contributed by atoms with E-state index in [1.165, 1.54) is 14.2 Å². The molecule has 5 heteroatoms. The highest BCUT2D eigenvalue weighted by Crippen LogP contribution is 2.34. The average Bonchev–Trinajstić information content (AvgIpc) is 3.03. The van der Waals surface area contributed by atoms with Gasteiger partial charge in [0.25, 0.3) is 0 Å². The second-order valence-corrected chi connectivity index (χ2v) is 6.19. The number of hydrogen-bond acceptors (Lipinski definition) is 4. The fraction of sp³-hybridized carbons (Fsp3) is 0.300. The van der Waals surface area contributed by atoms with E-state index in [4.69, 9.17) is 9.47 Å². The number of amides is 1. The Labute approximate surface area is 147 Å². The predicted molar refractivity (Wildman–Crippen MR) is 95.2 cm³/mol. The van der Waals surface area contributed by atoms with Crippen LogP contribution >= 0.6 is 0 Å². The van der Waals surface area contributed by atoms with Crippen LogP contribution in [0.5, 0.6) is 5.75 Å². The molecular formula is C20H21NO4. The zero-order valence-corrected chi connectivity index (χ0v) is 14.6. The van der Waals surface area contributed by atoms with Gasteiger partial charge in [0.1, 0.15) is 11.3 Å². The van der Waals surface area contributed by atoms with Crippen molar-refractivity contribution >= 4 is 17.6 Å². The average molecular weight is 339 g/mol. The third-order valence-corrected chi connectivity index (χ3v) is 4.57. The molecule has 2 aromatic rings. The van der Waals surface area contributed by atoms with Crippen LogP contribution in [0.3, 0.4) is 0 Å². The minimum atomic E-state index is -0.438. The van der Waals surface area contributed by atoms with Gasteiger partial charge in [0, 0.05) is 24.6 Å². The molecule has 1 heterocycles. The Balaban J connectivity index is 1.84. The van der Waals surface area contributed by atoms with E-state index in [0.29, 0.717) is 24.3 Å². The number of rotatable bonds is 4. The van der Waals surface area contributed by atoms with E-state index in [0.717, 1.165) is 16.8 Å². The number of nitrogens with zero attached hydrogens (tertiary/aromatic N) is 1. The maximum atomic E-state index is 12.4. The second-order valence-electron chi connectivity index (χ2n) is 6.19. The highest BCUT2D eigenvalue weighted by molar-refractivity contribution is 5.97. The Kier molecular flexibility index (Phi) is 4.74. The molecule has 0 saturated carbocycles. The summed E-state index contributed by atoms with van der Waals surface area (Å²) in [5.74, 6) is 0.192. The quantitative estimate of drug-likeness (QED) is 0.802. The highest BCUT2D eigenvalue weighted by atomic mass is 16.5. The first-order valence-electron chi connectivity index (χ1n) is 8.16. The molecule has 0 bridgehead atoms. The van der Waals surface area contributed by atoms with E-state index in [2.05, 4.69) is 0 Å². The summed E-state index contributed by atoms with van der Waals surface area (Å²) in [6, 6.07) is 13.3. The molecule has 1 amide bonds. The van der Waals surface area contributed by atoms with Crippen LogP contribution in [0.2, 0.25) is 0 Å². The summed E-state index contributed by atoms with van der Waals surface area (Å²) in [4.78, 5) is 26.0. The first-order valence-corrected chi connectivity index (χ1v) is 8.16. The lowest BCUT2D eigenvalue weighted by molar-refractivity contribution is -0.117. The van der Waals surface area contributed by atoms with E-state index in [-0.39, 0.29) is 11.8 Å². The summed E-state index contributed by atoms with van der Waals surface area (Å²) in [5, 5.41) is 0. The normalized spacial score (nSPS) is 16.8. The molecule has 0 aromatic heterocycles. The smallest absolute Gasteiger partial charge is 0.341 e. The van der Waals surface area contributed by atoms with Crippen LogP contribution in [-0.4, -0.2) is 32.6 Å². The number of benzene rings is 2. The van der Waals surface area contributed by atoms with Crippen molar-refractivity contribution in [1.29, 1.82) is 0 Å². The number of aryl methyl sites for hydroxylation is 1. The minimum absolute atomic E-state index is 0.0643. The van der Waals surface area contributed by atoms with Crippen LogP contribution in [0.4, 0.5) is 5.69 Å². The first kappa shape index (κ1) is 17.0. The Bertz CT molecular complexity index is 798. The number of carbonyl (C=O) groups excluding carboxylic acids is 2. The van der Waals surface area contributed by atoms with Crippen LogP contribution in [0.25, 0.3) is 0 Å². The monoisotopic (exact) mass is 339 g/mol. The minimum Gasteiger partial charge on any atom is -0.496 e. The molecule has 1 aliphatic heterocycles. The third kappa shape index (κ3) is 3.36. The molecule has 0 aliphatic carbocycles. The van der Waals surface area contributed by atoms with Crippen molar-refractivity contribution in [1.82, 2.24) is 0 Å². The van der Waals surface area contributed by atoms with Crippen LogP contribution in [0.15, 0.2) is 42.5 Å². The van der Waals surface area contributed by atoms with Crippen molar-refractivity contribution in [2.24, 2.45) is 0 Å². The van der Waals surface area contributed by atoms with Crippen molar-refractivity contribution < 1.29 is 19.1 Å². The molecule has 0 radical (unpaired) electrons. The lowest BCUT2D eigenvalue weighted by Gasteiger charge is -2.17. The number of ether oxygens (including phenoxy) is 2. The molecule has 5 nitrogen and oxygen atoms in total. The van der Waals surface area contributed by atoms with Crippen molar-refractivity contribution in [3.63, 3.8) is 0 Å². The second kappa shape index (κ2) is 6.97. The standard InChI is InChI=1S/C20H21NO4/c1-13-4-7-16(8-5-13)21-12-15(11-19(21)22)14-6-9-17(20(23)25-3)18(10-14)24-2/h4-10,15H,11-12H2,1-3H3. The largest absolute Gasteiger partial charge is 0.496 e. The molecule has 0 N–H and O–H groups in total. The summed E-state index contributed by atoms with van der Waals surface area (Å²) in [7, 11) is 2.86. The predicted octanol–water partition coefficient (Wildman–Crippen LogP) is 3.31. The molecule has 1 saturated heterocycles. The Morgan fingerprint density at radius 3 is 2.48 bits per heavy atom. The van der Waals surface area contributed by atoms with Gasteiger partial charge in [0.05, 0.1) is 14.2 Å². The molecular weight excluding hydrogens is 318 g/mol. The lowest BCUT2D eigenvalue weighted by atomic mass is 9.96. The molecule has 1 fully saturated rings. The van der Waals surface area contributed by atoms with Gasteiger partial charge in [-0.2, -0.15) is 0 Å². The maximum Gasteiger partial charge on any atom is 0.341 e. The summed E-state index contributed by atoms with van der Waals surface area (Å²) in [5.41, 5.74) is 3.44. The van der Waals surface area contributed by atoms with Gasteiger partial charge in [-0.15, -0.1) is 0 Å². The number of carbonyl (C=O) groups is 2. The summed E-state index contributed by atoms with van der Waals surface area (Å²) < 4.78 is 10.1. The van der Waals surface area contributed by atoms with Gasteiger partial charge in [-0.1, -0.05) is 23.8 Å². The van der Waals surface area contributed by atoms with Gasteiger partial charge >= 0.3 is 5.97 Å². The van der Waals surface area contributed by atoms with E-state index in [1.54, 1.807) is 6.07 Å². The molecule has 3 rings (SSSR count). The molecule has 1 aliphatic rings. The van der Waals surface area contributed by atoms with Crippen LogP contribution in [0, 0.1) is 6.92 Å². The molecule has 25 heavy (non-hydrogen) atoms. The van der Waals surface area contributed by atoms with Crippen LogP contribution < -0.4 is 9.64 Å². The number of esters is 1. The topological polar surface area (TPSA) is 55.8 Å². The number of hydrogen-bond donors (Lipinski definition) is 0. The zero-order valence-electron chi connectivity index (χ0n) is 14.6. The molecule has 0 spiro atoms. The fourth-order valence-corrected chi connectivity index (χ4v) is 3.15. The number of anilines is 1. The van der Waals surface area contributed by atoms with Crippen molar-refractivity contribution in [2.45, 2.75) is 19.3 Å². The van der Waals surface area contributed by atoms with Crippen LogP contribution in [-0.2, 0) is 9.53 Å². The van der Waals surface area contributed by atoms with Crippen LogP contribution in [0.1, 0.15) is 33.8 Å². The lowest BCUT2D eigenvalue weighted by Crippen LogP contribution is -2.24. The van der Waals surface area contributed by atoms with Gasteiger partial charge in [0.15, 0.2) is 0 Å². The third-order valence-electron chi connectivity index (χ3n) is 4.57. The molecule has 1 atom stereocenters. The van der Waals surface area contributed by atoms with Crippen molar-refractivity contribution in [3.8, 4) is 5.75 Å². The van der Waals surface area contributed by atoms with Gasteiger partial charge < -0.3 is 14.4 Å². The van der Waals surface area contributed by atoms with Gasteiger partial charge in [-0.3, -0.25) is 4.79 Å². The van der Waals surface area contributed by atoms with E-state index in [9.17, 15) is 9.59 Å². The number of methoxy groups -OCH3 is 2. The highest BCUT2D eigenvalue weighted by Gasteiger charge is 2.32. The van der Waals surface area contributed by atoms with Gasteiger partial charge in [-0.25, -0.2) is 4.79 Å². The van der Waals surface area contributed by atoms with E-state index >= 15 is 0 Å². The Morgan fingerprint density at radius 2 is 1.84 bits per heavy atom. The summed E-state index contributed by atoms with van der Waals surface area (Å²) in [6.45, 7) is 2.64. The molecule has 130 valence electrons. The van der Waals surface area contributed by atoms with Gasteiger partial charge in [-0.05, 0) is 36.8 Å². The van der Waals surface area contributed by atoms with Gasteiger partial charge in [0.2, 0.25) is 5.91 Å². The Morgan fingerprint density at radius 1 is 1.12 bits per heavy atom. The fourth-order valence-electron chi connectivity index (χ4n) is 3.15. The van der Waals surface area contributed by atoms with E-state index in [1.807, 2.05) is 48.2 Å². The van der Waals surface area contributed by atoms with Crippen molar-refractivity contribution in [3.05, 3.63) is 59.2 Å². The zero-order chi connectivity index (χ0) is 18.0. The van der Waals surface area contributed by atoms with Crippen molar-refractivity contribution in [2.75, 3.05) is 25.7 Å². The Hall–Kier alpha value is -2.82. The maximum absolute atomic E-state index is 12.4. The first-order chi connectivity index (χ1) is 12.0. The molecule has 1 unspecified atom stereocenters. The summed E-state index contributed by atoms with van der Waals surface area (Å²) >= 11 is 0.